The van der Waals surface area contributed by atoms with Gasteiger partial charge in [-0.25, -0.2) is 8.78 Å². The Morgan fingerprint density at radius 3 is 2.76 bits per heavy atom. The molecule has 0 radical (unpaired) electrons. The minimum atomic E-state index is -0.444. The van der Waals surface area contributed by atoms with Crippen LogP contribution in [0, 0.1) is 11.6 Å². The molecule has 3 heteroatoms. The van der Waals surface area contributed by atoms with Crippen molar-refractivity contribution in [1.82, 2.24) is 5.32 Å². The first-order chi connectivity index (χ1) is 8.27. The maximum Gasteiger partial charge on any atom is 0.138 e. The summed E-state index contributed by atoms with van der Waals surface area (Å²) in [5, 5.41) is 4.25. The van der Waals surface area contributed by atoms with Crippen molar-refractivity contribution >= 4 is 10.8 Å². The normalized spacial score (nSPS) is 20.0. The van der Waals surface area contributed by atoms with Gasteiger partial charge in [-0.2, -0.15) is 0 Å². The van der Waals surface area contributed by atoms with Gasteiger partial charge >= 0.3 is 0 Å². The summed E-state index contributed by atoms with van der Waals surface area (Å²) >= 11 is 0. The van der Waals surface area contributed by atoms with Gasteiger partial charge in [0.2, 0.25) is 0 Å². The fourth-order valence-corrected chi connectivity index (χ4v) is 2.54. The Balaban J connectivity index is 2.23. The average molecular weight is 233 g/mol. The Morgan fingerprint density at radius 1 is 1.18 bits per heavy atom. The minimum absolute atomic E-state index is 0.181. The van der Waals surface area contributed by atoms with E-state index >= 15 is 0 Å². The molecule has 0 amide bonds. The van der Waals surface area contributed by atoms with Crippen LogP contribution in [0.3, 0.4) is 0 Å². The molecule has 0 aromatic heterocycles. The van der Waals surface area contributed by atoms with Crippen LogP contribution in [0.4, 0.5) is 8.78 Å². The molecule has 88 valence electrons. The molecule has 3 rings (SSSR count). The number of fused-ring (bicyclic) bond motifs is 1. The lowest BCUT2D eigenvalue weighted by atomic mass is 9.99. The zero-order valence-electron chi connectivity index (χ0n) is 9.34. The molecule has 1 aliphatic rings. The highest BCUT2D eigenvalue weighted by Gasteiger charge is 2.24. The van der Waals surface area contributed by atoms with Crippen molar-refractivity contribution in [1.29, 1.82) is 0 Å². The molecule has 1 unspecified atom stereocenters. The van der Waals surface area contributed by atoms with Gasteiger partial charge in [-0.05, 0) is 30.8 Å². The Labute approximate surface area is 98.4 Å². The number of hydrogen-bond acceptors (Lipinski definition) is 1. The van der Waals surface area contributed by atoms with Gasteiger partial charge in [0.1, 0.15) is 11.6 Å². The lowest BCUT2D eigenvalue weighted by molar-refractivity contribution is 0.514. The summed E-state index contributed by atoms with van der Waals surface area (Å²) in [4.78, 5) is 0. The number of halogens is 2. The molecule has 1 atom stereocenters. The van der Waals surface area contributed by atoms with Gasteiger partial charge in [0, 0.05) is 17.0 Å². The standard InChI is InChI=1S/C14H13F2N/c15-11-8-9-4-1-2-5-10(9)14(16)13(11)12-6-3-7-17-12/h1-2,4-5,8,12,17H,3,6-7H2. The van der Waals surface area contributed by atoms with Crippen molar-refractivity contribution in [2.45, 2.75) is 18.9 Å². The van der Waals surface area contributed by atoms with Crippen molar-refractivity contribution in [2.24, 2.45) is 0 Å². The van der Waals surface area contributed by atoms with Crippen LogP contribution in [-0.2, 0) is 0 Å². The van der Waals surface area contributed by atoms with E-state index in [1.54, 1.807) is 24.3 Å². The fraction of sp³-hybridized carbons (Fsp3) is 0.286. The predicted octanol–water partition coefficient (Wildman–Crippen LogP) is 3.54. The van der Waals surface area contributed by atoms with Gasteiger partial charge in [0.25, 0.3) is 0 Å². The summed E-state index contributed by atoms with van der Waals surface area (Å²) in [7, 11) is 0. The second kappa shape index (κ2) is 4.08. The Morgan fingerprint density at radius 2 is 2.00 bits per heavy atom. The van der Waals surface area contributed by atoms with E-state index in [0.717, 1.165) is 19.4 Å². The molecular weight excluding hydrogens is 220 g/mol. The van der Waals surface area contributed by atoms with Gasteiger partial charge in [-0.15, -0.1) is 0 Å². The summed E-state index contributed by atoms with van der Waals surface area (Å²) in [6.07, 6.45) is 1.77. The molecule has 1 saturated heterocycles. The van der Waals surface area contributed by atoms with Gasteiger partial charge in [0.15, 0.2) is 0 Å². The second-order valence-corrected chi connectivity index (χ2v) is 4.46. The summed E-state index contributed by atoms with van der Waals surface area (Å²) in [5.41, 5.74) is 0.196. The summed E-state index contributed by atoms with van der Waals surface area (Å²) in [6, 6.07) is 8.23. The van der Waals surface area contributed by atoms with Crippen LogP contribution in [0.25, 0.3) is 10.8 Å². The fourth-order valence-electron chi connectivity index (χ4n) is 2.54. The zero-order valence-corrected chi connectivity index (χ0v) is 9.34. The number of benzene rings is 2. The predicted molar refractivity (Wildman–Crippen MR) is 63.8 cm³/mol. The maximum atomic E-state index is 14.3. The lowest BCUT2D eigenvalue weighted by Crippen LogP contribution is -2.16. The summed E-state index contributed by atoms with van der Waals surface area (Å²) < 4.78 is 28.3. The summed E-state index contributed by atoms with van der Waals surface area (Å²) in [6.45, 7) is 0.830. The molecule has 1 nitrogen and oxygen atoms in total. The Bertz CT molecular complexity index is 559. The zero-order chi connectivity index (χ0) is 11.8. The maximum absolute atomic E-state index is 14.3. The van der Waals surface area contributed by atoms with E-state index in [9.17, 15) is 8.78 Å². The first kappa shape index (κ1) is 10.7. The van der Waals surface area contributed by atoms with E-state index in [1.807, 2.05) is 0 Å². The molecule has 1 aliphatic heterocycles. The third kappa shape index (κ3) is 1.71. The first-order valence-corrected chi connectivity index (χ1v) is 5.87. The van der Waals surface area contributed by atoms with E-state index in [4.69, 9.17) is 0 Å². The van der Waals surface area contributed by atoms with Crippen molar-refractivity contribution < 1.29 is 8.78 Å². The lowest BCUT2D eigenvalue weighted by Gasteiger charge is -2.14. The van der Waals surface area contributed by atoms with Crippen LogP contribution in [0.15, 0.2) is 30.3 Å². The van der Waals surface area contributed by atoms with Crippen LogP contribution in [0.2, 0.25) is 0 Å². The number of nitrogens with one attached hydrogen (secondary N) is 1. The van der Waals surface area contributed by atoms with E-state index < -0.39 is 11.6 Å². The molecule has 1 N–H and O–H groups in total. The van der Waals surface area contributed by atoms with Crippen molar-refractivity contribution in [3.8, 4) is 0 Å². The molecule has 1 heterocycles. The SMILES string of the molecule is Fc1cc2ccccc2c(F)c1C1CCCN1. The largest absolute Gasteiger partial charge is 0.310 e. The molecule has 0 spiro atoms. The second-order valence-electron chi connectivity index (χ2n) is 4.46. The van der Waals surface area contributed by atoms with Crippen LogP contribution in [0.1, 0.15) is 24.4 Å². The third-order valence-corrected chi connectivity index (χ3v) is 3.38. The monoisotopic (exact) mass is 233 g/mol. The quantitative estimate of drug-likeness (QED) is 0.794. The van der Waals surface area contributed by atoms with Gasteiger partial charge in [0.05, 0.1) is 0 Å². The van der Waals surface area contributed by atoms with Crippen molar-refractivity contribution in [3.63, 3.8) is 0 Å². The number of hydrogen-bond donors (Lipinski definition) is 1. The van der Waals surface area contributed by atoms with Gasteiger partial charge < -0.3 is 5.32 Å². The molecule has 0 aliphatic carbocycles. The number of rotatable bonds is 1. The highest BCUT2D eigenvalue weighted by molar-refractivity contribution is 5.84. The van der Waals surface area contributed by atoms with E-state index in [0.29, 0.717) is 10.8 Å². The van der Waals surface area contributed by atoms with Crippen LogP contribution >= 0.6 is 0 Å². The third-order valence-electron chi connectivity index (χ3n) is 3.38. The van der Waals surface area contributed by atoms with E-state index in [2.05, 4.69) is 5.32 Å². The van der Waals surface area contributed by atoms with Gasteiger partial charge in [-0.1, -0.05) is 24.3 Å². The first-order valence-electron chi connectivity index (χ1n) is 5.87. The highest BCUT2D eigenvalue weighted by atomic mass is 19.1. The van der Waals surface area contributed by atoms with Crippen LogP contribution in [0.5, 0.6) is 0 Å². The topological polar surface area (TPSA) is 12.0 Å². The van der Waals surface area contributed by atoms with Gasteiger partial charge in [-0.3, -0.25) is 0 Å². The molecular formula is C14H13F2N. The minimum Gasteiger partial charge on any atom is -0.310 e. The van der Waals surface area contributed by atoms with Crippen molar-refractivity contribution in [2.75, 3.05) is 6.54 Å². The highest BCUT2D eigenvalue weighted by Crippen LogP contribution is 2.32. The van der Waals surface area contributed by atoms with Crippen LogP contribution in [-0.4, -0.2) is 6.54 Å². The Kier molecular flexibility index (Phi) is 2.56. The van der Waals surface area contributed by atoms with E-state index in [-0.39, 0.29) is 11.6 Å². The Hall–Kier alpha value is -1.48. The smallest absolute Gasteiger partial charge is 0.138 e. The van der Waals surface area contributed by atoms with E-state index in [1.165, 1.54) is 6.07 Å². The summed E-state index contributed by atoms with van der Waals surface area (Å²) in [5.74, 6) is -0.861. The molecule has 0 bridgehead atoms. The van der Waals surface area contributed by atoms with Crippen molar-refractivity contribution in [3.05, 3.63) is 47.5 Å². The molecule has 17 heavy (non-hydrogen) atoms. The van der Waals surface area contributed by atoms with Crippen LogP contribution < -0.4 is 5.32 Å². The molecule has 2 aromatic carbocycles. The average Bonchev–Trinajstić information content (AvgIpc) is 2.83. The molecule has 2 aromatic rings. The molecule has 1 fully saturated rings. The molecule has 0 saturated carbocycles.